The Morgan fingerprint density at radius 2 is 1.83 bits per heavy atom. The van der Waals surface area contributed by atoms with Crippen LogP contribution in [0.2, 0.25) is 0 Å². The number of H-pyrrole nitrogens is 1. The fourth-order valence-corrected chi connectivity index (χ4v) is 7.74. The molecule has 6 nitrogen and oxygen atoms in total. The van der Waals surface area contributed by atoms with E-state index in [1.165, 1.54) is 5.56 Å². The minimum absolute atomic E-state index is 0.0675. The average molecular weight is 481 g/mol. The second-order valence-corrected chi connectivity index (χ2v) is 10.7. The van der Waals surface area contributed by atoms with Crippen LogP contribution in [0, 0.1) is 12.8 Å². The maximum absolute atomic E-state index is 14.5. The van der Waals surface area contributed by atoms with E-state index in [1.54, 1.807) is 0 Å². The van der Waals surface area contributed by atoms with Crippen LogP contribution in [0.15, 0.2) is 72.8 Å². The molecule has 3 unspecified atom stereocenters. The highest BCUT2D eigenvalue weighted by Crippen LogP contribution is 2.61. The van der Waals surface area contributed by atoms with E-state index in [0.29, 0.717) is 11.7 Å². The van der Waals surface area contributed by atoms with Crippen LogP contribution in [0.3, 0.4) is 0 Å². The van der Waals surface area contributed by atoms with Gasteiger partial charge in [0.15, 0.2) is 5.82 Å². The van der Waals surface area contributed by atoms with Crippen molar-refractivity contribution in [3.05, 3.63) is 95.3 Å². The van der Waals surface area contributed by atoms with Crippen LogP contribution in [0.25, 0.3) is 11.0 Å². The molecule has 4 atom stereocenters. The van der Waals surface area contributed by atoms with E-state index in [2.05, 4.69) is 51.4 Å². The normalized spacial score (nSPS) is 27.3. The molecule has 7 heteroatoms. The monoisotopic (exact) mass is 480 g/mol. The van der Waals surface area contributed by atoms with Gasteiger partial charge >= 0.3 is 0 Å². The summed E-state index contributed by atoms with van der Waals surface area (Å²) in [5.41, 5.74) is 4.45. The molecule has 7 rings (SSSR count). The molecule has 0 saturated carbocycles. The molecule has 4 heterocycles. The van der Waals surface area contributed by atoms with Crippen molar-refractivity contribution in [2.45, 2.75) is 24.4 Å². The van der Waals surface area contributed by atoms with Crippen molar-refractivity contribution < 1.29 is 9.59 Å². The predicted octanol–water partition coefficient (Wildman–Crippen LogP) is 4.69. The third kappa shape index (κ3) is 2.79. The molecular weight excluding hydrogens is 456 g/mol. The summed E-state index contributed by atoms with van der Waals surface area (Å²) in [7, 11) is 0. The summed E-state index contributed by atoms with van der Waals surface area (Å²) in [4.78, 5) is 38.7. The molecule has 35 heavy (non-hydrogen) atoms. The van der Waals surface area contributed by atoms with E-state index in [0.717, 1.165) is 33.6 Å². The second-order valence-electron chi connectivity index (χ2n) is 9.68. The van der Waals surface area contributed by atoms with Crippen LogP contribution in [-0.4, -0.2) is 44.2 Å². The van der Waals surface area contributed by atoms with Crippen LogP contribution >= 0.6 is 11.8 Å². The average Bonchev–Trinajstić information content (AvgIpc) is 3.62. The first kappa shape index (κ1) is 20.9. The minimum atomic E-state index is -1.07. The highest BCUT2D eigenvalue weighted by Gasteiger charge is 2.69. The van der Waals surface area contributed by atoms with Gasteiger partial charge in [0.05, 0.1) is 17.0 Å². The standard InChI is InChI=1S/C28H24N4O2S/c1-16-10-12-17(13-11-16)23-22-14-35-15-32(22)28(18-6-2-3-7-19(18)31-27(28)34)24(23)25(33)26-29-20-8-4-5-9-21(20)30-26/h2-13,22-24H,14-15H2,1H3,(H,29,30)(H,31,34)/t22?,23?,24?,28-/m1/s1. The molecule has 1 spiro atoms. The number of para-hydroxylation sites is 3. The lowest BCUT2D eigenvalue weighted by Gasteiger charge is -2.36. The number of nitrogens with zero attached hydrogens (tertiary/aromatic N) is 2. The van der Waals surface area contributed by atoms with Gasteiger partial charge in [0, 0.05) is 34.8 Å². The number of hydrogen-bond acceptors (Lipinski definition) is 5. The Kier molecular flexibility index (Phi) is 4.50. The molecule has 2 saturated heterocycles. The smallest absolute Gasteiger partial charge is 0.250 e. The van der Waals surface area contributed by atoms with Gasteiger partial charge in [-0.2, -0.15) is 0 Å². The number of carbonyl (C=O) groups is 2. The number of aromatic amines is 1. The first-order valence-corrected chi connectivity index (χ1v) is 13.1. The lowest BCUT2D eigenvalue weighted by atomic mass is 9.70. The molecular formula is C28H24N4O2S. The number of amides is 1. The third-order valence-electron chi connectivity index (χ3n) is 7.90. The molecule has 2 N–H and O–H groups in total. The summed E-state index contributed by atoms with van der Waals surface area (Å²) in [6.45, 7) is 2.06. The number of aryl methyl sites for hydroxylation is 1. The van der Waals surface area contributed by atoms with Gasteiger partial charge < -0.3 is 10.3 Å². The van der Waals surface area contributed by atoms with E-state index in [-0.39, 0.29) is 23.7 Å². The quantitative estimate of drug-likeness (QED) is 0.416. The van der Waals surface area contributed by atoms with Crippen molar-refractivity contribution in [1.82, 2.24) is 14.9 Å². The highest BCUT2D eigenvalue weighted by atomic mass is 32.2. The fourth-order valence-electron chi connectivity index (χ4n) is 6.41. The number of rotatable bonds is 3. The lowest BCUT2D eigenvalue weighted by Crippen LogP contribution is -2.52. The maximum atomic E-state index is 14.5. The maximum Gasteiger partial charge on any atom is 0.250 e. The zero-order chi connectivity index (χ0) is 23.7. The summed E-state index contributed by atoms with van der Waals surface area (Å²) in [5.74, 6) is 0.925. The lowest BCUT2D eigenvalue weighted by molar-refractivity contribution is -0.127. The second kappa shape index (κ2) is 7.54. The number of nitrogens with one attached hydrogen (secondary N) is 2. The Bertz CT molecular complexity index is 1460. The van der Waals surface area contributed by atoms with Gasteiger partial charge in [0.25, 0.3) is 0 Å². The van der Waals surface area contributed by atoms with Crippen LogP contribution in [0.4, 0.5) is 5.69 Å². The summed E-state index contributed by atoms with van der Waals surface area (Å²) in [6.07, 6.45) is 0. The van der Waals surface area contributed by atoms with Crippen molar-refractivity contribution in [2.75, 3.05) is 16.9 Å². The SMILES string of the molecule is Cc1ccc(C2C3CSCN3[C@@]3(C(=O)Nc4ccccc43)C2C(=O)c2nc3ccccc3[nH]2)cc1. The molecule has 1 amide bonds. The van der Waals surface area contributed by atoms with Crippen molar-refractivity contribution in [2.24, 2.45) is 5.92 Å². The van der Waals surface area contributed by atoms with Crippen molar-refractivity contribution in [3.63, 3.8) is 0 Å². The molecule has 3 aromatic carbocycles. The number of anilines is 1. The highest BCUT2D eigenvalue weighted by molar-refractivity contribution is 7.99. The van der Waals surface area contributed by atoms with Crippen LogP contribution in [0.5, 0.6) is 0 Å². The van der Waals surface area contributed by atoms with Gasteiger partial charge in [0.2, 0.25) is 11.7 Å². The zero-order valence-electron chi connectivity index (χ0n) is 19.2. The predicted molar refractivity (Wildman–Crippen MR) is 138 cm³/mol. The van der Waals surface area contributed by atoms with Gasteiger partial charge in [-0.3, -0.25) is 14.5 Å². The zero-order valence-corrected chi connectivity index (χ0v) is 20.0. The number of fused-ring (bicyclic) bond motifs is 5. The van der Waals surface area contributed by atoms with Gasteiger partial charge in [-0.25, -0.2) is 4.98 Å². The van der Waals surface area contributed by atoms with Crippen molar-refractivity contribution in [1.29, 1.82) is 0 Å². The van der Waals surface area contributed by atoms with E-state index in [9.17, 15) is 9.59 Å². The summed E-state index contributed by atoms with van der Waals surface area (Å²) in [6, 6.07) is 24.0. The number of carbonyl (C=O) groups excluding carboxylic acids is 2. The number of benzene rings is 3. The molecule has 2 fully saturated rings. The summed E-state index contributed by atoms with van der Waals surface area (Å²) in [5, 5.41) is 3.11. The van der Waals surface area contributed by atoms with E-state index in [4.69, 9.17) is 0 Å². The van der Waals surface area contributed by atoms with Crippen LogP contribution in [-0.2, 0) is 10.3 Å². The Morgan fingerprint density at radius 3 is 2.66 bits per heavy atom. The molecule has 4 aromatic rings. The first-order chi connectivity index (χ1) is 17.1. The largest absolute Gasteiger partial charge is 0.335 e. The third-order valence-corrected chi connectivity index (χ3v) is 8.93. The fraction of sp³-hybridized carbons (Fsp3) is 0.250. The van der Waals surface area contributed by atoms with E-state index < -0.39 is 11.5 Å². The molecule has 3 aliphatic heterocycles. The van der Waals surface area contributed by atoms with Gasteiger partial charge in [0.1, 0.15) is 5.54 Å². The minimum Gasteiger partial charge on any atom is -0.335 e. The number of aromatic nitrogens is 2. The Labute approximate surface area is 207 Å². The molecule has 3 aliphatic rings. The van der Waals surface area contributed by atoms with Gasteiger partial charge in [-0.15, -0.1) is 11.8 Å². The molecule has 0 aliphatic carbocycles. The summed E-state index contributed by atoms with van der Waals surface area (Å²) >= 11 is 1.83. The van der Waals surface area contributed by atoms with E-state index in [1.807, 2.05) is 60.3 Å². The molecule has 0 bridgehead atoms. The summed E-state index contributed by atoms with van der Waals surface area (Å²) < 4.78 is 0. The number of ketones is 1. The molecule has 0 radical (unpaired) electrons. The van der Waals surface area contributed by atoms with Crippen LogP contribution < -0.4 is 5.32 Å². The number of Topliss-reactive ketones (excluding diaryl/α,β-unsaturated/α-hetero) is 1. The number of hydrogen-bond donors (Lipinski definition) is 2. The van der Waals surface area contributed by atoms with Crippen LogP contribution in [0.1, 0.15) is 33.2 Å². The Morgan fingerprint density at radius 1 is 1.06 bits per heavy atom. The topological polar surface area (TPSA) is 78.1 Å². The Hall–Kier alpha value is -3.42. The van der Waals surface area contributed by atoms with Gasteiger partial charge in [-0.05, 0) is 30.7 Å². The number of thioether (sulfide) groups is 1. The Balaban J connectivity index is 1.48. The van der Waals surface area contributed by atoms with Crippen molar-refractivity contribution in [3.8, 4) is 0 Å². The van der Waals surface area contributed by atoms with Gasteiger partial charge in [-0.1, -0.05) is 60.2 Å². The first-order valence-electron chi connectivity index (χ1n) is 11.9. The van der Waals surface area contributed by atoms with E-state index >= 15 is 0 Å². The molecule has 1 aromatic heterocycles. The molecule has 174 valence electrons. The van der Waals surface area contributed by atoms with Crippen molar-refractivity contribution >= 4 is 40.2 Å². The number of imidazole rings is 1.